The minimum absolute atomic E-state index is 0.503. The second kappa shape index (κ2) is 5.23. The van der Waals surface area contributed by atoms with Gasteiger partial charge in [0.2, 0.25) is 0 Å². The Bertz CT molecular complexity index is 123. The van der Waals surface area contributed by atoms with Gasteiger partial charge in [0.05, 0.1) is 12.2 Å². The molecule has 0 saturated carbocycles. The van der Waals surface area contributed by atoms with Gasteiger partial charge in [0.15, 0.2) is 0 Å². The van der Waals surface area contributed by atoms with Crippen LogP contribution in [0.1, 0.15) is 39.5 Å². The van der Waals surface area contributed by atoms with E-state index in [1.165, 1.54) is 25.7 Å². The molecule has 0 bridgehead atoms. The van der Waals surface area contributed by atoms with Crippen molar-refractivity contribution >= 4 is 15.9 Å². The molecule has 1 rings (SSSR count). The quantitative estimate of drug-likeness (QED) is 0.679. The lowest BCUT2D eigenvalue weighted by atomic mass is 9.99. The van der Waals surface area contributed by atoms with Crippen molar-refractivity contribution in [1.82, 2.24) is 0 Å². The van der Waals surface area contributed by atoms with Crippen LogP contribution >= 0.6 is 15.9 Å². The van der Waals surface area contributed by atoms with Gasteiger partial charge < -0.3 is 4.74 Å². The number of hydrogen-bond acceptors (Lipinski definition) is 1. The summed E-state index contributed by atoms with van der Waals surface area (Å²) in [6, 6.07) is 0. The number of rotatable bonds is 4. The van der Waals surface area contributed by atoms with E-state index in [0.717, 1.165) is 11.2 Å². The van der Waals surface area contributed by atoms with E-state index < -0.39 is 0 Å². The Labute approximate surface area is 84.0 Å². The standard InChI is InChI=1S/C10H19BrO/c1-3-9(7-11)6-10-5-4-8(2)12-10/h8-10H,3-7H2,1-2H3. The van der Waals surface area contributed by atoms with Crippen molar-refractivity contribution in [3.8, 4) is 0 Å². The Kier molecular flexibility index (Phi) is 4.59. The van der Waals surface area contributed by atoms with Crippen molar-refractivity contribution in [3.63, 3.8) is 0 Å². The first-order valence-electron chi connectivity index (χ1n) is 4.97. The Hall–Kier alpha value is 0.440. The van der Waals surface area contributed by atoms with Crippen molar-refractivity contribution in [1.29, 1.82) is 0 Å². The van der Waals surface area contributed by atoms with Gasteiger partial charge in [-0.05, 0) is 32.1 Å². The lowest BCUT2D eigenvalue weighted by molar-refractivity contribution is 0.0425. The van der Waals surface area contributed by atoms with Gasteiger partial charge in [-0.2, -0.15) is 0 Å². The molecular formula is C10H19BrO. The van der Waals surface area contributed by atoms with Crippen LogP contribution < -0.4 is 0 Å². The Morgan fingerprint density at radius 3 is 2.67 bits per heavy atom. The van der Waals surface area contributed by atoms with E-state index in [1.54, 1.807) is 0 Å². The fraction of sp³-hybridized carbons (Fsp3) is 1.00. The van der Waals surface area contributed by atoms with Crippen LogP contribution in [0.2, 0.25) is 0 Å². The number of halogens is 1. The third-order valence-corrected chi connectivity index (χ3v) is 3.63. The molecule has 0 aliphatic carbocycles. The molecule has 2 heteroatoms. The summed E-state index contributed by atoms with van der Waals surface area (Å²) in [4.78, 5) is 0. The Morgan fingerprint density at radius 1 is 1.50 bits per heavy atom. The molecule has 72 valence electrons. The monoisotopic (exact) mass is 234 g/mol. The van der Waals surface area contributed by atoms with E-state index in [2.05, 4.69) is 29.8 Å². The maximum absolute atomic E-state index is 5.77. The fourth-order valence-electron chi connectivity index (χ4n) is 1.77. The van der Waals surface area contributed by atoms with Crippen LogP contribution in [0.5, 0.6) is 0 Å². The topological polar surface area (TPSA) is 9.23 Å². The molecule has 12 heavy (non-hydrogen) atoms. The molecule has 0 aromatic heterocycles. The fourth-order valence-corrected chi connectivity index (χ4v) is 2.49. The SMILES string of the molecule is CCC(CBr)CC1CCC(C)O1. The van der Waals surface area contributed by atoms with E-state index in [4.69, 9.17) is 4.74 Å². The van der Waals surface area contributed by atoms with Crippen LogP contribution in [0.15, 0.2) is 0 Å². The molecule has 1 aliphatic rings. The van der Waals surface area contributed by atoms with Crippen LogP contribution in [-0.2, 0) is 4.74 Å². The van der Waals surface area contributed by atoms with E-state index in [-0.39, 0.29) is 0 Å². The Morgan fingerprint density at radius 2 is 2.25 bits per heavy atom. The first-order chi connectivity index (χ1) is 5.76. The summed E-state index contributed by atoms with van der Waals surface area (Å²) < 4.78 is 5.77. The molecule has 1 fully saturated rings. The van der Waals surface area contributed by atoms with Crippen molar-refractivity contribution in [2.45, 2.75) is 51.7 Å². The largest absolute Gasteiger partial charge is 0.375 e. The molecule has 0 radical (unpaired) electrons. The number of hydrogen-bond donors (Lipinski definition) is 0. The molecule has 3 unspecified atom stereocenters. The maximum atomic E-state index is 5.77. The van der Waals surface area contributed by atoms with Gasteiger partial charge in [-0.3, -0.25) is 0 Å². The molecule has 0 amide bonds. The highest BCUT2D eigenvalue weighted by atomic mass is 79.9. The second-order valence-corrected chi connectivity index (χ2v) is 4.46. The number of ether oxygens (including phenoxy) is 1. The summed E-state index contributed by atoms with van der Waals surface area (Å²) in [7, 11) is 0. The Balaban J connectivity index is 2.21. The molecule has 1 nitrogen and oxygen atoms in total. The van der Waals surface area contributed by atoms with Crippen LogP contribution in [0.25, 0.3) is 0 Å². The maximum Gasteiger partial charge on any atom is 0.0582 e. The van der Waals surface area contributed by atoms with Crippen molar-refractivity contribution in [2.24, 2.45) is 5.92 Å². The highest BCUT2D eigenvalue weighted by Crippen LogP contribution is 2.26. The van der Waals surface area contributed by atoms with Crippen molar-refractivity contribution < 1.29 is 4.74 Å². The van der Waals surface area contributed by atoms with Crippen LogP contribution in [0.4, 0.5) is 0 Å². The van der Waals surface area contributed by atoms with Crippen LogP contribution in [-0.4, -0.2) is 17.5 Å². The summed E-state index contributed by atoms with van der Waals surface area (Å²) in [5.74, 6) is 0.806. The smallest absolute Gasteiger partial charge is 0.0582 e. The zero-order chi connectivity index (χ0) is 8.97. The van der Waals surface area contributed by atoms with Crippen LogP contribution in [0.3, 0.4) is 0 Å². The van der Waals surface area contributed by atoms with E-state index in [1.807, 2.05) is 0 Å². The lowest BCUT2D eigenvalue weighted by Crippen LogP contribution is -2.14. The molecule has 3 atom stereocenters. The van der Waals surface area contributed by atoms with Gasteiger partial charge in [0.25, 0.3) is 0 Å². The van der Waals surface area contributed by atoms with Gasteiger partial charge in [0.1, 0.15) is 0 Å². The van der Waals surface area contributed by atoms with Gasteiger partial charge in [-0.25, -0.2) is 0 Å². The third-order valence-electron chi connectivity index (χ3n) is 2.71. The predicted octanol–water partition coefficient (Wildman–Crippen LogP) is 3.37. The highest BCUT2D eigenvalue weighted by Gasteiger charge is 2.23. The zero-order valence-electron chi connectivity index (χ0n) is 8.05. The molecular weight excluding hydrogens is 216 g/mol. The van der Waals surface area contributed by atoms with Gasteiger partial charge in [-0.15, -0.1) is 0 Å². The average Bonchev–Trinajstić information content (AvgIpc) is 2.47. The zero-order valence-corrected chi connectivity index (χ0v) is 9.64. The molecule has 0 aromatic rings. The number of alkyl halides is 1. The minimum Gasteiger partial charge on any atom is -0.375 e. The summed E-state index contributed by atoms with van der Waals surface area (Å²) in [6.07, 6.45) is 6.07. The summed E-state index contributed by atoms with van der Waals surface area (Å²) >= 11 is 3.54. The molecule has 1 saturated heterocycles. The molecule has 0 spiro atoms. The van der Waals surface area contributed by atoms with E-state index in [9.17, 15) is 0 Å². The average molecular weight is 235 g/mol. The first-order valence-corrected chi connectivity index (χ1v) is 6.09. The second-order valence-electron chi connectivity index (χ2n) is 3.81. The van der Waals surface area contributed by atoms with Crippen LogP contribution in [0, 0.1) is 5.92 Å². The summed E-state index contributed by atoms with van der Waals surface area (Å²) in [5, 5.41) is 1.12. The molecule has 1 heterocycles. The normalized spacial score (nSPS) is 32.2. The predicted molar refractivity (Wildman–Crippen MR) is 55.8 cm³/mol. The van der Waals surface area contributed by atoms with Gasteiger partial charge >= 0.3 is 0 Å². The van der Waals surface area contributed by atoms with E-state index in [0.29, 0.717) is 12.2 Å². The first kappa shape index (κ1) is 10.5. The molecule has 1 aliphatic heterocycles. The summed E-state index contributed by atoms with van der Waals surface area (Å²) in [6.45, 7) is 4.43. The van der Waals surface area contributed by atoms with Crippen molar-refractivity contribution in [3.05, 3.63) is 0 Å². The highest BCUT2D eigenvalue weighted by molar-refractivity contribution is 9.09. The molecule has 0 aromatic carbocycles. The minimum atomic E-state index is 0.503. The lowest BCUT2D eigenvalue weighted by Gasteiger charge is -2.16. The van der Waals surface area contributed by atoms with Gasteiger partial charge in [-0.1, -0.05) is 29.3 Å². The molecule has 0 N–H and O–H groups in total. The van der Waals surface area contributed by atoms with E-state index >= 15 is 0 Å². The third kappa shape index (κ3) is 3.06. The summed E-state index contributed by atoms with van der Waals surface area (Å²) in [5.41, 5.74) is 0. The van der Waals surface area contributed by atoms with Gasteiger partial charge in [0, 0.05) is 5.33 Å². The van der Waals surface area contributed by atoms with Crippen molar-refractivity contribution in [2.75, 3.05) is 5.33 Å².